The van der Waals surface area contributed by atoms with Crippen LogP contribution in [0.25, 0.3) is 0 Å². The van der Waals surface area contributed by atoms with E-state index in [4.69, 9.17) is 0 Å². The Bertz CT molecular complexity index is 840. The number of aromatic nitrogens is 3. The standard InChI is InChI=1S/C18H23N5O2S/c1-11-10-26-17(19-11)22-16(25)14-9-15(21-12(2)20-14)18(4)5-7-23(8-6-18)13(3)24/h9-10H,5-8H2,1-4H3,(H,19,22,25). The number of nitrogens with zero attached hydrogens (tertiary/aromatic N) is 4. The Morgan fingerprint density at radius 1 is 1.19 bits per heavy atom. The highest BCUT2D eigenvalue weighted by atomic mass is 32.1. The summed E-state index contributed by atoms with van der Waals surface area (Å²) in [7, 11) is 0. The molecule has 26 heavy (non-hydrogen) atoms. The van der Waals surface area contributed by atoms with Gasteiger partial charge < -0.3 is 4.90 Å². The lowest BCUT2D eigenvalue weighted by Crippen LogP contribution is -2.43. The van der Waals surface area contributed by atoms with Crippen LogP contribution in [0.4, 0.5) is 5.13 Å². The molecule has 3 rings (SSSR count). The van der Waals surface area contributed by atoms with Gasteiger partial charge in [-0.15, -0.1) is 11.3 Å². The minimum absolute atomic E-state index is 0.102. The number of thiazole rings is 1. The van der Waals surface area contributed by atoms with E-state index in [0.29, 0.717) is 29.7 Å². The van der Waals surface area contributed by atoms with E-state index in [1.807, 2.05) is 17.2 Å². The number of carbonyl (C=O) groups is 2. The van der Waals surface area contributed by atoms with Gasteiger partial charge in [0.05, 0.1) is 11.4 Å². The van der Waals surface area contributed by atoms with E-state index in [2.05, 4.69) is 27.2 Å². The maximum Gasteiger partial charge on any atom is 0.276 e. The van der Waals surface area contributed by atoms with Gasteiger partial charge in [-0.25, -0.2) is 15.0 Å². The lowest BCUT2D eigenvalue weighted by molar-refractivity contribution is -0.130. The molecule has 1 saturated heterocycles. The fourth-order valence-electron chi connectivity index (χ4n) is 3.14. The van der Waals surface area contributed by atoms with Gasteiger partial charge in [-0.1, -0.05) is 6.92 Å². The third kappa shape index (κ3) is 3.90. The molecule has 0 spiro atoms. The second-order valence-corrected chi connectivity index (χ2v) is 7.86. The van der Waals surface area contributed by atoms with Crippen LogP contribution in [0.5, 0.6) is 0 Å². The van der Waals surface area contributed by atoms with Gasteiger partial charge >= 0.3 is 0 Å². The lowest BCUT2D eigenvalue weighted by Gasteiger charge is -2.38. The van der Waals surface area contributed by atoms with Gasteiger partial charge in [0.2, 0.25) is 5.91 Å². The van der Waals surface area contributed by atoms with Crippen LogP contribution in [0.2, 0.25) is 0 Å². The number of nitrogens with one attached hydrogen (secondary N) is 1. The zero-order chi connectivity index (χ0) is 18.9. The first-order chi connectivity index (χ1) is 12.3. The second-order valence-electron chi connectivity index (χ2n) is 7.00. The number of hydrogen-bond donors (Lipinski definition) is 1. The molecule has 3 heterocycles. The lowest BCUT2D eigenvalue weighted by atomic mass is 9.77. The Morgan fingerprint density at radius 2 is 1.88 bits per heavy atom. The predicted molar refractivity (Wildman–Crippen MR) is 100 cm³/mol. The zero-order valence-corrected chi connectivity index (χ0v) is 16.3. The van der Waals surface area contributed by atoms with Crippen LogP contribution in [0, 0.1) is 13.8 Å². The summed E-state index contributed by atoms with van der Waals surface area (Å²) in [5.74, 6) is 0.388. The number of hydrogen-bond acceptors (Lipinski definition) is 6. The molecular weight excluding hydrogens is 350 g/mol. The zero-order valence-electron chi connectivity index (χ0n) is 15.5. The maximum absolute atomic E-state index is 12.6. The van der Waals surface area contributed by atoms with E-state index >= 15 is 0 Å². The van der Waals surface area contributed by atoms with Gasteiger partial charge in [-0.2, -0.15) is 0 Å². The normalized spacial score (nSPS) is 16.4. The molecule has 1 aliphatic heterocycles. The monoisotopic (exact) mass is 373 g/mol. The average molecular weight is 373 g/mol. The maximum atomic E-state index is 12.6. The Morgan fingerprint density at radius 3 is 2.46 bits per heavy atom. The summed E-state index contributed by atoms with van der Waals surface area (Å²) >= 11 is 1.39. The number of amides is 2. The van der Waals surface area contributed by atoms with Crippen molar-refractivity contribution in [2.75, 3.05) is 18.4 Å². The molecule has 7 nitrogen and oxygen atoms in total. The van der Waals surface area contributed by atoms with Crippen molar-refractivity contribution in [2.24, 2.45) is 0 Å². The van der Waals surface area contributed by atoms with E-state index in [0.717, 1.165) is 24.2 Å². The third-order valence-electron chi connectivity index (χ3n) is 4.84. The van der Waals surface area contributed by atoms with E-state index in [-0.39, 0.29) is 17.2 Å². The number of aryl methyl sites for hydroxylation is 2. The first-order valence-electron chi connectivity index (χ1n) is 8.62. The molecule has 0 unspecified atom stereocenters. The van der Waals surface area contributed by atoms with Crippen molar-refractivity contribution >= 4 is 28.3 Å². The molecule has 2 aromatic rings. The predicted octanol–water partition coefficient (Wildman–Crippen LogP) is 2.70. The Hall–Kier alpha value is -2.35. The van der Waals surface area contributed by atoms with Gasteiger partial charge in [-0.05, 0) is 32.8 Å². The Kier molecular flexibility index (Phi) is 5.04. The van der Waals surface area contributed by atoms with E-state index in [9.17, 15) is 9.59 Å². The SMILES string of the molecule is CC(=O)N1CCC(C)(c2cc(C(=O)Nc3nc(C)cs3)nc(C)n2)CC1. The highest BCUT2D eigenvalue weighted by molar-refractivity contribution is 7.13. The van der Waals surface area contributed by atoms with Crippen LogP contribution < -0.4 is 5.32 Å². The summed E-state index contributed by atoms with van der Waals surface area (Å²) in [5.41, 5.74) is 1.89. The van der Waals surface area contributed by atoms with Crippen molar-refractivity contribution in [3.05, 3.63) is 34.4 Å². The molecule has 8 heteroatoms. The molecule has 0 bridgehead atoms. The smallest absolute Gasteiger partial charge is 0.276 e. The third-order valence-corrected chi connectivity index (χ3v) is 5.72. The molecule has 2 amide bonds. The molecule has 1 fully saturated rings. The van der Waals surface area contributed by atoms with E-state index < -0.39 is 0 Å². The molecule has 0 atom stereocenters. The fraction of sp³-hybridized carbons (Fsp3) is 0.500. The Balaban J connectivity index is 1.81. The first-order valence-corrected chi connectivity index (χ1v) is 9.50. The van der Waals surface area contributed by atoms with Crippen LogP contribution >= 0.6 is 11.3 Å². The summed E-state index contributed by atoms with van der Waals surface area (Å²) < 4.78 is 0. The molecule has 0 aliphatic carbocycles. The topological polar surface area (TPSA) is 88.1 Å². The summed E-state index contributed by atoms with van der Waals surface area (Å²) in [4.78, 5) is 39.1. The van der Waals surface area contributed by atoms with Gasteiger partial charge in [0.25, 0.3) is 5.91 Å². The largest absolute Gasteiger partial charge is 0.343 e. The molecule has 2 aromatic heterocycles. The molecule has 0 radical (unpaired) electrons. The van der Waals surface area contributed by atoms with Crippen molar-refractivity contribution < 1.29 is 9.59 Å². The van der Waals surface area contributed by atoms with Crippen LogP contribution in [0.15, 0.2) is 11.4 Å². The van der Waals surface area contributed by atoms with Crippen molar-refractivity contribution in [1.29, 1.82) is 0 Å². The van der Waals surface area contributed by atoms with Gasteiger partial charge in [0, 0.05) is 30.8 Å². The first kappa shape index (κ1) is 18.4. The van der Waals surface area contributed by atoms with Crippen molar-refractivity contribution in [1.82, 2.24) is 19.9 Å². The highest BCUT2D eigenvalue weighted by Gasteiger charge is 2.34. The molecule has 138 valence electrons. The highest BCUT2D eigenvalue weighted by Crippen LogP contribution is 2.34. The molecule has 1 aliphatic rings. The van der Waals surface area contributed by atoms with Crippen molar-refractivity contribution in [2.45, 2.75) is 46.0 Å². The van der Waals surface area contributed by atoms with Crippen LogP contribution in [0.1, 0.15) is 54.4 Å². The number of likely N-dealkylation sites (tertiary alicyclic amines) is 1. The molecule has 0 saturated carbocycles. The summed E-state index contributed by atoms with van der Waals surface area (Å²) in [6.45, 7) is 8.82. The van der Waals surface area contributed by atoms with Gasteiger partial charge in [0.15, 0.2) is 5.13 Å². The van der Waals surface area contributed by atoms with E-state index in [1.54, 1.807) is 19.9 Å². The number of carbonyl (C=O) groups excluding carboxylic acids is 2. The molecule has 0 aromatic carbocycles. The quantitative estimate of drug-likeness (QED) is 0.894. The van der Waals surface area contributed by atoms with E-state index in [1.165, 1.54) is 11.3 Å². The average Bonchev–Trinajstić information content (AvgIpc) is 2.99. The Labute approximate surface area is 156 Å². The van der Waals surface area contributed by atoms with Crippen molar-refractivity contribution in [3.63, 3.8) is 0 Å². The van der Waals surface area contributed by atoms with Crippen LogP contribution in [-0.4, -0.2) is 44.8 Å². The fourth-order valence-corrected chi connectivity index (χ4v) is 3.82. The summed E-state index contributed by atoms with van der Waals surface area (Å²) in [6.07, 6.45) is 1.63. The van der Waals surface area contributed by atoms with Crippen LogP contribution in [-0.2, 0) is 10.2 Å². The van der Waals surface area contributed by atoms with Crippen LogP contribution in [0.3, 0.4) is 0 Å². The number of anilines is 1. The molecule has 1 N–H and O–H groups in total. The number of rotatable bonds is 3. The minimum Gasteiger partial charge on any atom is -0.343 e. The minimum atomic E-state index is -0.282. The van der Waals surface area contributed by atoms with Gasteiger partial charge in [0.1, 0.15) is 11.5 Å². The van der Waals surface area contributed by atoms with Gasteiger partial charge in [-0.3, -0.25) is 14.9 Å². The summed E-state index contributed by atoms with van der Waals surface area (Å²) in [5, 5.41) is 5.24. The van der Waals surface area contributed by atoms with Crippen molar-refractivity contribution in [3.8, 4) is 0 Å². The molecular formula is C18H23N5O2S. The number of piperidine rings is 1. The second kappa shape index (κ2) is 7.11. The summed E-state index contributed by atoms with van der Waals surface area (Å²) in [6, 6.07) is 1.77.